The molecule has 0 radical (unpaired) electrons. The molecule has 2 saturated carbocycles. The minimum absolute atomic E-state index is 0.622. The Morgan fingerprint density at radius 1 is 0.526 bits per heavy atom. The van der Waals surface area contributed by atoms with Crippen LogP contribution < -0.4 is 0 Å². The van der Waals surface area contributed by atoms with E-state index in [1.54, 1.807) is 0 Å². The summed E-state index contributed by atoms with van der Waals surface area (Å²) in [5.74, 6) is 0. The van der Waals surface area contributed by atoms with Gasteiger partial charge in [-0.05, 0) is 51.4 Å². The van der Waals surface area contributed by atoms with Crippen LogP contribution in [0.5, 0.6) is 0 Å². The monoisotopic (exact) mass is 264 g/mol. The summed E-state index contributed by atoms with van der Waals surface area (Å²) in [7, 11) is 0. The van der Waals surface area contributed by atoms with Crippen molar-refractivity contribution >= 4 is 0 Å². The van der Waals surface area contributed by atoms with Crippen molar-refractivity contribution in [1.29, 1.82) is 0 Å². The van der Waals surface area contributed by atoms with Gasteiger partial charge in [0.05, 0.1) is 12.2 Å². The number of hydrogen-bond acceptors (Lipinski definition) is 1. The molecule has 1 nitrogen and oxygen atoms in total. The normalized spacial score (nSPS) is 25.7. The van der Waals surface area contributed by atoms with Crippen LogP contribution in [0.3, 0.4) is 0 Å². The molecule has 3 aliphatic rings. The molecule has 0 aliphatic heterocycles. The van der Waals surface area contributed by atoms with E-state index in [1.807, 2.05) is 0 Å². The van der Waals surface area contributed by atoms with Gasteiger partial charge in [0.1, 0.15) is 0 Å². The molecule has 3 rings (SSSR count). The molecule has 0 atom stereocenters. The third-order valence-corrected chi connectivity index (χ3v) is 4.65. The molecule has 0 aromatic heterocycles. The van der Waals surface area contributed by atoms with E-state index in [0.717, 1.165) is 0 Å². The number of rotatable bonds is 2. The molecule has 19 heavy (non-hydrogen) atoms. The van der Waals surface area contributed by atoms with Crippen LogP contribution in [0, 0.1) is 0 Å². The molecule has 3 aliphatic carbocycles. The number of allylic oxidation sites excluding steroid dienone is 2. The van der Waals surface area contributed by atoms with Crippen LogP contribution in [0.1, 0.15) is 89.9 Å². The average molecular weight is 264 g/mol. The second kappa shape index (κ2) is 9.58. The molecular formula is C18H32O. The SMILES string of the molecule is C1=CCCCC1.C1CCC(OC2CCCCC2)CC1. The zero-order valence-corrected chi connectivity index (χ0v) is 12.6. The van der Waals surface area contributed by atoms with Crippen molar-refractivity contribution in [2.24, 2.45) is 0 Å². The molecule has 0 amide bonds. The Bertz CT molecular complexity index is 210. The fraction of sp³-hybridized carbons (Fsp3) is 0.889. The van der Waals surface area contributed by atoms with Crippen LogP contribution in [0.15, 0.2) is 12.2 Å². The minimum atomic E-state index is 0.622. The molecule has 0 heterocycles. The quantitative estimate of drug-likeness (QED) is 0.574. The molecule has 2 fully saturated rings. The Morgan fingerprint density at radius 2 is 0.947 bits per heavy atom. The molecule has 0 saturated heterocycles. The first-order valence-corrected chi connectivity index (χ1v) is 8.75. The van der Waals surface area contributed by atoms with Gasteiger partial charge in [0, 0.05) is 0 Å². The van der Waals surface area contributed by atoms with Crippen molar-refractivity contribution in [1.82, 2.24) is 0 Å². The van der Waals surface area contributed by atoms with Crippen molar-refractivity contribution in [2.75, 3.05) is 0 Å². The molecule has 0 unspecified atom stereocenters. The van der Waals surface area contributed by atoms with E-state index in [2.05, 4.69) is 12.2 Å². The summed E-state index contributed by atoms with van der Waals surface area (Å²) < 4.78 is 6.13. The van der Waals surface area contributed by atoms with Crippen molar-refractivity contribution in [3.8, 4) is 0 Å². The lowest BCUT2D eigenvalue weighted by Gasteiger charge is -2.29. The van der Waals surface area contributed by atoms with Crippen LogP contribution in [0.25, 0.3) is 0 Å². The Labute approximate surface area is 119 Å². The third kappa shape index (κ3) is 6.61. The molecule has 0 N–H and O–H groups in total. The summed E-state index contributed by atoms with van der Waals surface area (Å²) in [5.41, 5.74) is 0. The summed E-state index contributed by atoms with van der Waals surface area (Å²) >= 11 is 0. The highest BCUT2D eigenvalue weighted by molar-refractivity contribution is 4.85. The van der Waals surface area contributed by atoms with E-state index < -0.39 is 0 Å². The minimum Gasteiger partial charge on any atom is -0.375 e. The van der Waals surface area contributed by atoms with Gasteiger partial charge in [-0.2, -0.15) is 0 Å². The fourth-order valence-electron chi connectivity index (χ4n) is 3.43. The standard InChI is InChI=1S/C12H22O.C6H10/c1-3-7-11(8-4-1)13-12-9-5-2-6-10-12;1-2-4-6-5-3-1/h11-12H,1-10H2;1-2H,3-6H2. The Balaban J connectivity index is 0.000000186. The highest BCUT2D eigenvalue weighted by atomic mass is 16.5. The molecule has 110 valence electrons. The zero-order chi connectivity index (χ0) is 13.2. The van der Waals surface area contributed by atoms with Crippen molar-refractivity contribution in [2.45, 2.75) is 102 Å². The van der Waals surface area contributed by atoms with Gasteiger partial charge >= 0.3 is 0 Å². The average Bonchev–Trinajstić information content (AvgIpc) is 2.52. The van der Waals surface area contributed by atoms with Crippen LogP contribution in [-0.2, 0) is 4.74 Å². The lowest BCUT2D eigenvalue weighted by Crippen LogP contribution is -2.25. The highest BCUT2D eigenvalue weighted by Crippen LogP contribution is 2.26. The van der Waals surface area contributed by atoms with Gasteiger partial charge in [0.2, 0.25) is 0 Å². The van der Waals surface area contributed by atoms with Crippen LogP contribution in [-0.4, -0.2) is 12.2 Å². The summed E-state index contributed by atoms with van der Waals surface area (Å²) in [6, 6.07) is 0. The lowest BCUT2D eigenvalue weighted by atomic mass is 9.95. The molecule has 0 spiro atoms. The topological polar surface area (TPSA) is 9.23 Å². The smallest absolute Gasteiger partial charge is 0.0578 e. The van der Waals surface area contributed by atoms with Gasteiger partial charge < -0.3 is 4.74 Å². The van der Waals surface area contributed by atoms with Crippen molar-refractivity contribution in [3.63, 3.8) is 0 Å². The third-order valence-electron chi connectivity index (χ3n) is 4.65. The van der Waals surface area contributed by atoms with Crippen LogP contribution in [0.2, 0.25) is 0 Å². The van der Waals surface area contributed by atoms with E-state index in [4.69, 9.17) is 4.74 Å². The van der Waals surface area contributed by atoms with Gasteiger partial charge in [-0.25, -0.2) is 0 Å². The van der Waals surface area contributed by atoms with E-state index in [0.29, 0.717) is 12.2 Å². The molecule has 0 aromatic rings. The Morgan fingerprint density at radius 3 is 1.26 bits per heavy atom. The maximum atomic E-state index is 6.13. The largest absolute Gasteiger partial charge is 0.375 e. The van der Waals surface area contributed by atoms with Gasteiger partial charge in [-0.3, -0.25) is 0 Å². The van der Waals surface area contributed by atoms with Gasteiger partial charge in [0.15, 0.2) is 0 Å². The van der Waals surface area contributed by atoms with Gasteiger partial charge in [-0.1, -0.05) is 50.7 Å². The predicted molar refractivity (Wildman–Crippen MR) is 82.4 cm³/mol. The van der Waals surface area contributed by atoms with E-state index in [1.165, 1.54) is 89.9 Å². The summed E-state index contributed by atoms with van der Waals surface area (Å²) in [5, 5.41) is 0. The predicted octanol–water partition coefficient (Wildman–Crippen LogP) is 5.79. The van der Waals surface area contributed by atoms with Gasteiger partial charge in [0.25, 0.3) is 0 Å². The van der Waals surface area contributed by atoms with Crippen molar-refractivity contribution < 1.29 is 4.74 Å². The first-order chi connectivity index (χ1) is 9.45. The Hall–Kier alpha value is -0.300. The first-order valence-electron chi connectivity index (χ1n) is 8.75. The maximum absolute atomic E-state index is 6.13. The van der Waals surface area contributed by atoms with Gasteiger partial charge in [-0.15, -0.1) is 0 Å². The zero-order valence-electron chi connectivity index (χ0n) is 12.6. The summed E-state index contributed by atoms with van der Waals surface area (Å²) in [6.45, 7) is 0. The Kier molecular flexibility index (Phi) is 7.61. The first kappa shape index (κ1) is 15.1. The molecule has 1 heteroatoms. The highest BCUT2D eigenvalue weighted by Gasteiger charge is 2.20. The second-order valence-corrected chi connectivity index (χ2v) is 6.41. The van der Waals surface area contributed by atoms with E-state index in [9.17, 15) is 0 Å². The molecular weight excluding hydrogens is 232 g/mol. The van der Waals surface area contributed by atoms with E-state index in [-0.39, 0.29) is 0 Å². The number of ether oxygens (including phenoxy) is 1. The van der Waals surface area contributed by atoms with E-state index >= 15 is 0 Å². The molecule has 0 aromatic carbocycles. The van der Waals surface area contributed by atoms with Crippen LogP contribution >= 0.6 is 0 Å². The lowest BCUT2D eigenvalue weighted by molar-refractivity contribution is -0.0450. The fourth-order valence-corrected chi connectivity index (χ4v) is 3.43. The number of hydrogen-bond donors (Lipinski definition) is 0. The van der Waals surface area contributed by atoms with Crippen LogP contribution in [0.4, 0.5) is 0 Å². The summed E-state index contributed by atoms with van der Waals surface area (Å²) in [6.07, 6.45) is 25.0. The van der Waals surface area contributed by atoms with Crippen molar-refractivity contribution in [3.05, 3.63) is 12.2 Å². The molecule has 0 bridgehead atoms. The summed E-state index contributed by atoms with van der Waals surface area (Å²) in [4.78, 5) is 0. The second-order valence-electron chi connectivity index (χ2n) is 6.41. The maximum Gasteiger partial charge on any atom is 0.0578 e.